The first-order valence-corrected chi connectivity index (χ1v) is 17.3. The Kier molecular flexibility index (Phi) is 7.55. The Hall–Kier alpha value is -5.44. The third-order valence-electron chi connectivity index (χ3n) is 11.0. The molecule has 246 valence electrons. The van der Waals surface area contributed by atoms with Crippen LogP contribution in [0.4, 0.5) is 0 Å². The number of aryl methyl sites for hydroxylation is 2. The van der Waals surface area contributed by atoms with Crippen LogP contribution in [0.15, 0.2) is 146 Å². The van der Waals surface area contributed by atoms with Crippen molar-refractivity contribution in [3.05, 3.63) is 196 Å². The van der Waals surface area contributed by atoms with Gasteiger partial charge < -0.3 is 9.47 Å². The number of rotatable bonds is 5. The quantitative estimate of drug-likeness (QED) is 0.185. The predicted molar refractivity (Wildman–Crippen MR) is 207 cm³/mol. The van der Waals surface area contributed by atoms with Crippen LogP contribution in [0.2, 0.25) is 0 Å². The van der Waals surface area contributed by atoms with Crippen LogP contribution in [0.3, 0.4) is 0 Å². The van der Waals surface area contributed by atoms with Crippen molar-refractivity contribution in [2.24, 2.45) is 0 Å². The van der Waals surface area contributed by atoms with Crippen LogP contribution in [0.5, 0.6) is 5.75 Å². The molecule has 2 heteroatoms. The van der Waals surface area contributed by atoms with Crippen molar-refractivity contribution < 1.29 is 9.47 Å². The summed E-state index contributed by atoms with van der Waals surface area (Å²) in [5.74, 6) is 0.925. The van der Waals surface area contributed by atoms with Gasteiger partial charge in [0.05, 0.1) is 0 Å². The molecule has 9 rings (SSSR count). The van der Waals surface area contributed by atoms with E-state index in [0.717, 1.165) is 28.9 Å². The maximum absolute atomic E-state index is 7.22. The van der Waals surface area contributed by atoms with Crippen molar-refractivity contribution in [1.82, 2.24) is 0 Å². The van der Waals surface area contributed by atoms with Crippen molar-refractivity contribution in [2.75, 3.05) is 7.11 Å². The van der Waals surface area contributed by atoms with Gasteiger partial charge in [-0.1, -0.05) is 130 Å². The second kappa shape index (κ2) is 11.9. The monoisotopic (exact) mass is 650 g/mol. The topological polar surface area (TPSA) is 18.5 Å². The zero-order valence-corrected chi connectivity index (χ0v) is 28.4. The molecule has 0 saturated carbocycles. The Morgan fingerprint density at radius 2 is 1.20 bits per heavy atom. The molecule has 0 unspecified atom stereocenters. The molecule has 0 N–H and O–H groups in total. The second-order valence-corrected chi connectivity index (χ2v) is 13.6. The fourth-order valence-corrected chi connectivity index (χ4v) is 8.60. The zero-order valence-electron chi connectivity index (χ0n) is 28.4. The maximum atomic E-state index is 7.22. The molecular weight excluding hydrogens is 609 g/mol. The summed E-state index contributed by atoms with van der Waals surface area (Å²) in [6, 6.07) is 48.2. The van der Waals surface area contributed by atoms with Gasteiger partial charge in [-0.15, -0.1) is 0 Å². The average molecular weight is 651 g/mol. The van der Waals surface area contributed by atoms with E-state index in [9.17, 15) is 0 Å². The van der Waals surface area contributed by atoms with Crippen LogP contribution < -0.4 is 4.74 Å². The standard InChI is InChI=1S/C47H38O2.CH4/c1-5-32-27-39-40(29-47(49-45(39)25-30(32)2)43-23-12-8-19-37(43)38-20-9-13-24-44(38)47)34-16-14-15-33(26-34)31(3)28-46(48-4)41-21-10-6-17-35(41)36-18-7-11-22-42(36)46;/h6-29H,5H2,1-4H3;1H4/b31-28+;. The average Bonchev–Trinajstić information content (AvgIpc) is 3.58. The van der Waals surface area contributed by atoms with E-state index in [1.807, 2.05) is 7.11 Å². The van der Waals surface area contributed by atoms with Gasteiger partial charge in [0.1, 0.15) is 11.4 Å². The van der Waals surface area contributed by atoms with Gasteiger partial charge in [-0.25, -0.2) is 0 Å². The molecule has 0 fully saturated rings. The summed E-state index contributed by atoms with van der Waals surface area (Å²) in [5.41, 5.74) is 16.7. The van der Waals surface area contributed by atoms with Crippen LogP contribution in [0.25, 0.3) is 33.4 Å². The van der Waals surface area contributed by atoms with E-state index in [1.54, 1.807) is 0 Å². The number of ether oxygens (including phenoxy) is 2. The molecule has 3 aliphatic rings. The Morgan fingerprint density at radius 1 is 0.660 bits per heavy atom. The highest BCUT2D eigenvalue weighted by Gasteiger charge is 2.47. The fourth-order valence-electron chi connectivity index (χ4n) is 8.60. The van der Waals surface area contributed by atoms with E-state index in [0.29, 0.717) is 0 Å². The van der Waals surface area contributed by atoms with Crippen LogP contribution in [0, 0.1) is 6.92 Å². The summed E-state index contributed by atoms with van der Waals surface area (Å²) < 4.78 is 13.7. The van der Waals surface area contributed by atoms with Crippen LogP contribution in [-0.4, -0.2) is 7.11 Å². The van der Waals surface area contributed by atoms with Gasteiger partial charge in [-0.3, -0.25) is 0 Å². The number of benzene rings is 6. The summed E-state index contributed by atoms with van der Waals surface area (Å²) in [6.07, 6.45) is 5.66. The first kappa shape index (κ1) is 31.8. The molecule has 2 aliphatic carbocycles. The Morgan fingerprint density at radius 3 is 1.76 bits per heavy atom. The van der Waals surface area contributed by atoms with Crippen molar-refractivity contribution >= 4 is 11.1 Å². The van der Waals surface area contributed by atoms with Gasteiger partial charge in [0, 0.05) is 34.9 Å². The first-order valence-electron chi connectivity index (χ1n) is 17.3. The highest BCUT2D eigenvalue weighted by Crippen LogP contribution is 2.56. The molecule has 1 aliphatic heterocycles. The Bertz CT molecular complexity index is 2280. The number of hydrogen-bond donors (Lipinski definition) is 0. The third-order valence-corrected chi connectivity index (χ3v) is 11.0. The molecule has 6 aromatic rings. The fraction of sp³-hybridized carbons (Fsp3) is 0.167. The normalized spacial score (nSPS) is 15.5. The van der Waals surface area contributed by atoms with E-state index in [4.69, 9.17) is 9.47 Å². The molecule has 2 nitrogen and oxygen atoms in total. The lowest BCUT2D eigenvalue weighted by molar-refractivity contribution is 0.0698. The largest absolute Gasteiger partial charge is 0.473 e. The van der Waals surface area contributed by atoms with Gasteiger partial charge in [0.2, 0.25) is 0 Å². The van der Waals surface area contributed by atoms with Crippen molar-refractivity contribution in [3.8, 4) is 28.0 Å². The van der Waals surface area contributed by atoms with Crippen LogP contribution in [-0.2, 0) is 22.4 Å². The molecule has 0 bridgehead atoms. The lowest BCUT2D eigenvalue weighted by Gasteiger charge is -2.36. The minimum absolute atomic E-state index is 0. The van der Waals surface area contributed by atoms with E-state index >= 15 is 0 Å². The van der Waals surface area contributed by atoms with E-state index < -0.39 is 11.2 Å². The summed E-state index contributed by atoms with van der Waals surface area (Å²) in [5, 5.41) is 0. The lowest BCUT2D eigenvalue weighted by atomic mass is 9.81. The second-order valence-electron chi connectivity index (χ2n) is 13.6. The molecule has 50 heavy (non-hydrogen) atoms. The van der Waals surface area contributed by atoms with Gasteiger partial charge in [-0.05, 0) is 106 Å². The van der Waals surface area contributed by atoms with Gasteiger partial charge in [0.25, 0.3) is 0 Å². The highest BCUT2D eigenvalue weighted by atomic mass is 16.5. The number of fused-ring (bicyclic) bond motifs is 9. The molecule has 1 heterocycles. The van der Waals surface area contributed by atoms with E-state index in [2.05, 4.69) is 166 Å². The van der Waals surface area contributed by atoms with E-state index in [1.165, 1.54) is 66.8 Å². The maximum Gasteiger partial charge on any atom is 0.179 e. The minimum Gasteiger partial charge on any atom is -0.473 e. The van der Waals surface area contributed by atoms with Gasteiger partial charge in [-0.2, -0.15) is 0 Å². The number of hydrogen-bond acceptors (Lipinski definition) is 2. The van der Waals surface area contributed by atoms with Crippen molar-refractivity contribution in [3.63, 3.8) is 0 Å². The zero-order chi connectivity index (χ0) is 33.3. The molecule has 0 amide bonds. The molecule has 0 radical (unpaired) electrons. The van der Waals surface area contributed by atoms with E-state index in [-0.39, 0.29) is 7.43 Å². The van der Waals surface area contributed by atoms with Crippen molar-refractivity contribution in [1.29, 1.82) is 0 Å². The summed E-state index contributed by atoms with van der Waals surface area (Å²) in [4.78, 5) is 0. The molecule has 0 saturated heterocycles. The third kappa shape index (κ3) is 4.45. The molecule has 6 aromatic carbocycles. The summed E-state index contributed by atoms with van der Waals surface area (Å²) in [7, 11) is 1.83. The van der Waals surface area contributed by atoms with Crippen LogP contribution in [0.1, 0.15) is 71.3 Å². The predicted octanol–water partition coefficient (Wildman–Crippen LogP) is 11.9. The van der Waals surface area contributed by atoms with Gasteiger partial charge in [0.15, 0.2) is 5.60 Å². The van der Waals surface area contributed by atoms with Crippen molar-refractivity contribution in [2.45, 2.75) is 45.8 Å². The Balaban J connectivity index is 0.00000361. The lowest BCUT2D eigenvalue weighted by Crippen LogP contribution is -2.33. The Labute approximate surface area is 296 Å². The summed E-state index contributed by atoms with van der Waals surface area (Å²) in [6.45, 7) is 6.63. The summed E-state index contributed by atoms with van der Waals surface area (Å²) >= 11 is 0. The molecule has 0 atom stereocenters. The SMILES string of the molecule is C.CCc1cc2c(cc1C)OC1(C=C2c2cccc(/C(C)=C/C3(OC)c4ccccc4-c4ccccc43)c2)c2ccccc2-c2ccccc21. The highest BCUT2D eigenvalue weighted by molar-refractivity contribution is 5.91. The smallest absolute Gasteiger partial charge is 0.179 e. The first-order chi connectivity index (χ1) is 24.0. The minimum atomic E-state index is -0.728. The molecular formula is C48H42O2. The molecule has 1 spiro atoms. The molecule has 0 aromatic heterocycles. The van der Waals surface area contributed by atoms with Crippen LogP contribution >= 0.6 is 0 Å². The van der Waals surface area contributed by atoms with Gasteiger partial charge >= 0.3 is 0 Å². The number of allylic oxidation sites excluding steroid dienone is 1. The number of methoxy groups -OCH3 is 1.